The van der Waals surface area contributed by atoms with Gasteiger partial charge in [0, 0.05) is 0 Å². The van der Waals surface area contributed by atoms with E-state index in [-0.39, 0.29) is 11.2 Å². The quantitative estimate of drug-likeness (QED) is 0.383. The number of aromatic nitrogens is 4. The molecule has 0 radical (unpaired) electrons. The van der Waals surface area contributed by atoms with Crippen LogP contribution in [0, 0.1) is 0 Å². The van der Waals surface area contributed by atoms with Crippen LogP contribution in [0.25, 0.3) is 11.2 Å². The molecule has 12 nitrogen and oxygen atoms in total. The van der Waals surface area contributed by atoms with Crippen LogP contribution in [0.4, 0.5) is 0 Å². The summed E-state index contributed by atoms with van der Waals surface area (Å²) in [5.41, 5.74) is -1.93. The lowest BCUT2D eigenvalue weighted by Gasteiger charge is -2.29. The maximum atomic E-state index is 11.7. The number of H-pyrrole nitrogens is 1. The summed E-state index contributed by atoms with van der Waals surface area (Å²) in [6.07, 6.45) is -1.81. The normalized spacial score (nSPS) is 31.0. The molecular weight excluding hydrogens is 347 g/mol. The molecule has 0 aromatic carbocycles. The van der Waals surface area contributed by atoms with Gasteiger partial charge in [0.2, 0.25) is 0 Å². The third kappa shape index (κ3) is 2.78. The average Bonchev–Trinajstić information content (AvgIpc) is 3.02. The Bertz CT molecular complexity index is 861. The van der Waals surface area contributed by atoms with Crippen molar-refractivity contribution in [3.63, 3.8) is 0 Å². The van der Waals surface area contributed by atoms with Gasteiger partial charge in [0.25, 0.3) is 5.56 Å². The molecule has 0 amide bonds. The lowest BCUT2D eigenvalue weighted by Crippen LogP contribution is -2.43. The molecule has 1 aliphatic heterocycles. The lowest BCUT2D eigenvalue weighted by atomic mass is 10.0. The van der Waals surface area contributed by atoms with E-state index in [4.69, 9.17) is 14.5 Å². The molecule has 1 fully saturated rings. The van der Waals surface area contributed by atoms with E-state index in [0.717, 1.165) is 6.33 Å². The molecule has 3 heterocycles. The summed E-state index contributed by atoms with van der Waals surface area (Å²) in [5, 5.41) is 20.4. The number of fused-ring (bicyclic) bond motifs is 1. The van der Waals surface area contributed by atoms with E-state index < -0.39 is 44.0 Å². The third-order valence-electron chi connectivity index (χ3n) is 3.87. The van der Waals surface area contributed by atoms with Crippen molar-refractivity contribution in [3.05, 3.63) is 23.0 Å². The molecule has 0 saturated carbocycles. The van der Waals surface area contributed by atoms with Crippen molar-refractivity contribution in [2.45, 2.75) is 31.0 Å². The van der Waals surface area contributed by atoms with Gasteiger partial charge in [0.05, 0.1) is 19.3 Å². The summed E-state index contributed by atoms with van der Waals surface area (Å²) in [7, 11) is -4.76. The van der Waals surface area contributed by atoms with Gasteiger partial charge in [0.1, 0.15) is 18.3 Å². The highest BCUT2D eigenvalue weighted by molar-refractivity contribution is 7.46. The molecule has 132 valence electrons. The maximum absolute atomic E-state index is 11.7. The van der Waals surface area contributed by atoms with E-state index in [9.17, 15) is 19.6 Å². The van der Waals surface area contributed by atoms with Gasteiger partial charge in [-0.05, 0) is 6.92 Å². The number of hydrogen-bond donors (Lipinski definition) is 5. The fourth-order valence-electron chi connectivity index (χ4n) is 2.64. The van der Waals surface area contributed by atoms with E-state index in [2.05, 4.69) is 19.5 Å². The second-order valence-electron chi connectivity index (χ2n) is 5.45. The van der Waals surface area contributed by atoms with Crippen molar-refractivity contribution in [1.82, 2.24) is 19.5 Å². The van der Waals surface area contributed by atoms with Crippen LogP contribution in [0.15, 0.2) is 17.4 Å². The lowest BCUT2D eigenvalue weighted by molar-refractivity contribution is -0.131. The minimum Gasteiger partial charge on any atom is -0.387 e. The first-order valence-corrected chi connectivity index (χ1v) is 8.32. The Kier molecular flexibility index (Phi) is 4.08. The highest BCUT2D eigenvalue weighted by Crippen LogP contribution is 2.40. The van der Waals surface area contributed by atoms with E-state index in [1.54, 1.807) is 0 Å². The first-order valence-electron chi connectivity index (χ1n) is 6.79. The fraction of sp³-hybridized carbons (Fsp3) is 0.545. The molecule has 2 aromatic heterocycles. The molecule has 1 aliphatic rings. The molecule has 4 unspecified atom stereocenters. The highest BCUT2D eigenvalue weighted by Gasteiger charge is 2.53. The number of hydrogen-bond acceptors (Lipinski definition) is 8. The van der Waals surface area contributed by atoms with E-state index in [1.165, 1.54) is 17.8 Å². The number of imidazole rings is 1. The first kappa shape index (κ1) is 17.2. The summed E-state index contributed by atoms with van der Waals surface area (Å²) >= 11 is 0. The molecule has 4 atom stereocenters. The highest BCUT2D eigenvalue weighted by atomic mass is 31.2. The predicted octanol–water partition coefficient (Wildman–Crippen LogP) is -1.98. The van der Waals surface area contributed by atoms with Crippen molar-refractivity contribution in [2.75, 3.05) is 6.61 Å². The monoisotopic (exact) mass is 362 g/mol. The SMILES string of the molecule is CC1(n2cnc3c(=O)[nH]cnc32)OC(COP(=O)(O)O)C(O)C1O. The zero-order chi connectivity index (χ0) is 17.7. The predicted molar refractivity (Wildman–Crippen MR) is 76.7 cm³/mol. The van der Waals surface area contributed by atoms with Crippen LogP contribution in [0.2, 0.25) is 0 Å². The molecule has 0 spiro atoms. The Labute approximate surface area is 133 Å². The van der Waals surface area contributed by atoms with Gasteiger partial charge in [-0.1, -0.05) is 0 Å². The van der Waals surface area contributed by atoms with Crippen molar-refractivity contribution in [3.8, 4) is 0 Å². The Morgan fingerprint density at radius 3 is 2.83 bits per heavy atom. The Morgan fingerprint density at radius 1 is 1.46 bits per heavy atom. The number of aliphatic hydroxyl groups excluding tert-OH is 2. The average molecular weight is 362 g/mol. The summed E-state index contributed by atoms with van der Waals surface area (Å²) in [6, 6.07) is 0. The van der Waals surface area contributed by atoms with Crippen LogP contribution in [0.3, 0.4) is 0 Å². The second kappa shape index (κ2) is 5.70. The van der Waals surface area contributed by atoms with Crippen LogP contribution in [-0.4, -0.2) is 64.4 Å². The number of aromatic amines is 1. The van der Waals surface area contributed by atoms with Gasteiger partial charge >= 0.3 is 7.82 Å². The number of phosphoric ester groups is 1. The Morgan fingerprint density at radius 2 is 2.17 bits per heavy atom. The molecular formula is C11H15N4O8P. The van der Waals surface area contributed by atoms with Crippen molar-refractivity contribution < 1.29 is 33.8 Å². The molecule has 0 bridgehead atoms. The third-order valence-corrected chi connectivity index (χ3v) is 4.35. The number of nitrogens with one attached hydrogen (secondary N) is 1. The van der Waals surface area contributed by atoms with Gasteiger partial charge in [0.15, 0.2) is 16.9 Å². The van der Waals surface area contributed by atoms with Gasteiger partial charge in [-0.25, -0.2) is 14.5 Å². The standard InChI is InChI=1S/C11H15N4O8P/c1-11(15-4-14-6-9(15)12-3-13-10(6)18)8(17)7(16)5(23-11)2-22-24(19,20)21/h3-5,7-8,16-17H,2H2,1H3,(H,12,13,18)(H2,19,20,21). The fourth-order valence-corrected chi connectivity index (χ4v) is 2.98. The smallest absolute Gasteiger partial charge is 0.387 e. The van der Waals surface area contributed by atoms with E-state index in [1.807, 2.05) is 0 Å². The minimum absolute atomic E-state index is 0.0129. The Balaban J connectivity index is 1.95. The number of aliphatic hydroxyl groups is 2. The first-order chi connectivity index (χ1) is 11.1. The number of nitrogens with zero attached hydrogens (tertiary/aromatic N) is 3. The van der Waals surface area contributed by atoms with Gasteiger partial charge in [-0.15, -0.1) is 0 Å². The van der Waals surface area contributed by atoms with E-state index in [0.29, 0.717) is 0 Å². The van der Waals surface area contributed by atoms with Crippen molar-refractivity contribution in [2.24, 2.45) is 0 Å². The van der Waals surface area contributed by atoms with Gasteiger partial charge < -0.3 is 29.7 Å². The molecule has 5 N–H and O–H groups in total. The largest absolute Gasteiger partial charge is 0.469 e. The van der Waals surface area contributed by atoms with Crippen LogP contribution in [-0.2, 0) is 19.6 Å². The number of phosphoric acid groups is 1. The summed E-state index contributed by atoms with van der Waals surface area (Å²) in [5.74, 6) is 0. The van der Waals surface area contributed by atoms with Crippen molar-refractivity contribution >= 4 is 19.0 Å². The Hall–Kier alpha value is -1.66. The zero-order valence-corrected chi connectivity index (χ0v) is 13.2. The molecule has 24 heavy (non-hydrogen) atoms. The molecule has 13 heteroatoms. The van der Waals surface area contributed by atoms with Crippen LogP contribution >= 0.6 is 7.82 Å². The van der Waals surface area contributed by atoms with Gasteiger partial charge in [-0.2, -0.15) is 0 Å². The summed E-state index contributed by atoms with van der Waals surface area (Å²) in [4.78, 5) is 39.4. The molecule has 2 aromatic rings. The van der Waals surface area contributed by atoms with E-state index >= 15 is 0 Å². The second-order valence-corrected chi connectivity index (χ2v) is 6.69. The van der Waals surface area contributed by atoms with Crippen LogP contribution in [0.1, 0.15) is 6.92 Å². The summed E-state index contributed by atoms with van der Waals surface area (Å²) < 4.78 is 21.9. The number of rotatable bonds is 4. The molecule has 0 aliphatic carbocycles. The van der Waals surface area contributed by atoms with Crippen molar-refractivity contribution in [1.29, 1.82) is 0 Å². The molecule has 3 rings (SSSR count). The summed E-state index contributed by atoms with van der Waals surface area (Å²) in [6.45, 7) is 0.779. The maximum Gasteiger partial charge on any atom is 0.469 e. The van der Waals surface area contributed by atoms with Gasteiger partial charge in [-0.3, -0.25) is 13.9 Å². The zero-order valence-electron chi connectivity index (χ0n) is 12.3. The van der Waals surface area contributed by atoms with Crippen LogP contribution < -0.4 is 5.56 Å². The molecule has 1 saturated heterocycles. The minimum atomic E-state index is -4.76. The number of ether oxygens (including phenoxy) is 1. The topological polar surface area (TPSA) is 180 Å². The van der Waals surface area contributed by atoms with Crippen LogP contribution in [0.5, 0.6) is 0 Å².